The highest BCUT2D eigenvalue weighted by molar-refractivity contribution is 7.89. The maximum Gasteiger partial charge on any atom is 0.255 e. The van der Waals surface area contributed by atoms with Gasteiger partial charge in [0.05, 0.1) is 15.9 Å². The van der Waals surface area contributed by atoms with E-state index in [0.29, 0.717) is 11.3 Å². The Morgan fingerprint density at radius 1 is 1.03 bits per heavy atom. The molecular formula is C24H22N4O3S. The Bertz CT molecular complexity index is 1390. The maximum atomic E-state index is 12.6. The van der Waals surface area contributed by atoms with Crippen LogP contribution in [-0.2, 0) is 17.1 Å². The number of sulfonamides is 1. The second-order valence-corrected chi connectivity index (χ2v) is 8.95. The predicted molar refractivity (Wildman–Crippen MR) is 126 cm³/mol. The number of imidazole rings is 1. The normalized spacial score (nSPS) is 11.4. The van der Waals surface area contributed by atoms with E-state index in [4.69, 9.17) is 0 Å². The van der Waals surface area contributed by atoms with Crippen LogP contribution in [0.1, 0.15) is 10.4 Å². The molecule has 1 heterocycles. The Hall–Kier alpha value is -3.75. The molecule has 0 fully saturated rings. The second-order valence-electron chi connectivity index (χ2n) is 7.18. The van der Waals surface area contributed by atoms with E-state index in [1.54, 1.807) is 0 Å². The van der Waals surface area contributed by atoms with Crippen molar-refractivity contribution < 1.29 is 13.2 Å². The highest BCUT2D eigenvalue weighted by atomic mass is 32.2. The number of nitrogens with one attached hydrogen (secondary N) is 2. The van der Waals surface area contributed by atoms with Gasteiger partial charge in [-0.05, 0) is 60.7 Å². The Labute approximate surface area is 186 Å². The molecular weight excluding hydrogens is 424 g/mol. The number of aromatic nitrogens is 2. The molecule has 4 aromatic rings. The number of benzene rings is 3. The van der Waals surface area contributed by atoms with Gasteiger partial charge in [0.15, 0.2) is 0 Å². The van der Waals surface area contributed by atoms with Crippen molar-refractivity contribution in [2.45, 2.75) is 4.90 Å². The zero-order chi connectivity index (χ0) is 22.7. The first-order chi connectivity index (χ1) is 15.4. The lowest BCUT2D eigenvalue weighted by Crippen LogP contribution is -2.23. The summed E-state index contributed by atoms with van der Waals surface area (Å²) in [5.41, 5.74) is 3.88. The first-order valence-electron chi connectivity index (χ1n) is 9.93. The van der Waals surface area contributed by atoms with Crippen LogP contribution < -0.4 is 10.0 Å². The molecule has 0 unspecified atom stereocenters. The quantitative estimate of drug-likeness (QED) is 0.420. The molecule has 1 aromatic heterocycles. The summed E-state index contributed by atoms with van der Waals surface area (Å²) < 4.78 is 28.7. The van der Waals surface area contributed by atoms with Gasteiger partial charge in [-0.15, -0.1) is 6.58 Å². The zero-order valence-electron chi connectivity index (χ0n) is 17.4. The number of anilines is 1. The van der Waals surface area contributed by atoms with Crippen LogP contribution in [0.4, 0.5) is 5.69 Å². The van der Waals surface area contributed by atoms with Crippen LogP contribution in [0.25, 0.3) is 22.4 Å². The van der Waals surface area contributed by atoms with Gasteiger partial charge in [0.1, 0.15) is 5.82 Å². The molecule has 3 aromatic carbocycles. The van der Waals surface area contributed by atoms with Gasteiger partial charge in [0, 0.05) is 30.4 Å². The minimum atomic E-state index is -3.63. The number of nitrogens with zero attached hydrogens (tertiary/aromatic N) is 2. The molecule has 0 bridgehead atoms. The Morgan fingerprint density at radius 2 is 1.72 bits per heavy atom. The largest absolute Gasteiger partial charge is 0.327 e. The number of hydrogen-bond acceptors (Lipinski definition) is 4. The van der Waals surface area contributed by atoms with Crippen LogP contribution in [0, 0.1) is 0 Å². The van der Waals surface area contributed by atoms with Gasteiger partial charge in [0.2, 0.25) is 10.0 Å². The van der Waals surface area contributed by atoms with E-state index in [0.717, 1.165) is 22.4 Å². The van der Waals surface area contributed by atoms with Crippen LogP contribution in [0.3, 0.4) is 0 Å². The van der Waals surface area contributed by atoms with Crippen LogP contribution in [0.15, 0.2) is 90.3 Å². The van der Waals surface area contributed by atoms with E-state index in [1.165, 1.54) is 30.3 Å². The number of hydrogen-bond donors (Lipinski definition) is 2. The third-order valence-electron chi connectivity index (χ3n) is 5.03. The van der Waals surface area contributed by atoms with Crippen LogP contribution in [-0.4, -0.2) is 30.4 Å². The Kier molecular flexibility index (Phi) is 5.89. The highest BCUT2D eigenvalue weighted by Crippen LogP contribution is 2.25. The van der Waals surface area contributed by atoms with Gasteiger partial charge < -0.3 is 9.88 Å². The van der Waals surface area contributed by atoms with Crippen molar-refractivity contribution in [1.82, 2.24) is 14.3 Å². The molecule has 0 saturated heterocycles. The average molecular weight is 447 g/mol. The molecule has 1 amide bonds. The molecule has 0 aliphatic rings. The molecule has 2 N–H and O–H groups in total. The summed E-state index contributed by atoms with van der Waals surface area (Å²) in [6, 6.07) is 21.1. The molecule has 0 aliphatic heterocycles. The SMILES string of the molecule is C=CCNS(=O)(=O)c1ccc(C(=O)Nc2ccc(-c3nc4ccccc4n3C)cc2)cc1. The Morgan fingerprint density at radius 3 is 2.38 bits per heavy atom. The maximum absolute atomic E-state index is 12.6. The van der Waals surface area contributed by atoms with Crippen molar-refractivity contribution >= 4 is 32.7 Å². The minimum Gasteiger partial charge on any atom is -0.327 e. The van der Waals surface area contributed by atoms with Gasteiger partial charge in [-0.3, -0.25) is 4.79 Å². The number of aryl methyl sites for hydroxylation is 1. The topological polar surface area (TPSA) is 93.1 Å². The van der Waals surface area contributed by atoms with E-state index in [2.05, 4.69) is 21.6 Å². The fraction of sp³-hybridized carbons (Fsp3) is 0.0833. The third-order valence-corrected chi connectivity index (χ3v) is 6.47. The standard InChI is InChI=1S/C24H22N4O3S/c1-3-16-25-32(30,31)20-14-10-18(11-15-20)24(29)26-19-12-8-17(9-13-19)23-27-21-6-4-5-7-22(21)28(23)2/h3-15,25H,1,16H2,2H3,(H,26,29). The number of para-hydroxylation sites is 2. The number of carbonyl (C=O) groups is 1. The van der Waals surface area contributed by atoms with Gasteiger partial charge in [-0.2, -0.15) is 0 Å². The van der Waals surface area contributed by atoms with E-state index < -0.39 is 10.0 Å². The minimum absolute atomic E-state index is 0.0858. The van der Waals surface area contributed by atoms with Crippen LogP contribution in [0.2, 0.25) is 0 Å². The number of carbonyl (C=O) groups excluding carboxylic acids is 1. The summed E-state index contributed by atoms with van der Waals surface area (Å²) in [5, 5.41) is 2.83. The fourth-order valence-electron chi connectivity index (χ4n) is 3.35. The molecule has 0 spiro atoms. The lowest BCUT2D eigenvalue weighted by atomic mass is 10.1. The van der Waals surface area contributed by atoms with E-state index in [-0.39, 0.29) is 17.3 Å². The van der Waals surface area contributed by atoms with Crippen molar-refractivity contribution in [1.29, 1.82) is 0 Å². The summed E-state index contributed by atoms with van der Waals surface area (Å²) in [5.74, 6) is 0.509. The lowest BCUT2D eigenvalue weighted by molar-refractivity contribution is 0.102. The molecule has 162 valence electrons. The average Bonchev–Trinajstić information content (AvgIpc) is 3.15. The Balaban J connectivity index is 1.48. The van der Waals surface area contributed by atoms with Crippen molar-refractivity contribution in [3.63, 3.8) is 0 Å². The van der Waals surface area contributed by atoms with E-state index in [1.807, 2.05) is 60.1 Å². The van der Waals surface area contributed by atoms with Gasteiger partial charge in [0.25, 0.3) is 5.91 Å². The lowest BCUT2D eigenvalue weighted by Gasteiger charge is -2.08. The molecule has 8 heteroatoms. The smallest absolute Gasteiger partial charge is 0.255 e. The first-order valence-corrected chi connectivity index (χ1v) is 11.4. The summed E-state index contributed by atoms with van der Waals surface area (Å²) in [6.45, 7) is 3.62. The summed E-state index contributed by atoms with van der Waals surface area (Å²) in [6.07, 6.45) is 1.46. The molecule has 0 saturated carbocycles. The molecule has 0 radical (unpaired) electrons. The predicted octanol–water partition coefficient (Wildman–Crippen LogP) is 3.96. The number of rotatable bonds is 7. The van der Waals surface area contributed by atoms with Gasteiger partial charge in [-0.25, -0.2) is 18.1 Å². The summed E-state index contributed by atoms with van der Waals surface area (Å²) in [4.78, 5) is 17.3. The molecule has 4 rings (SSSR count). The van der Waals surface area contributed by atoms with Crippen molar-refractivity contribution in [3.8, 4) is 11.4 Å². The van der Waals surface area contributed by atoms with E-state index in [9.17, 15) is 13.2 Å². The zero-order valence-corrected chi connectivity index (χ0v) is 18.3. The first kappa shape index (κ1) is 21.5. The van der Waals surface area contributed by atoms with Crippen molar-refractivity contribution in [2.24, 2.45) is 7.05 Å². The van der Waals surface area contributed by atoms with Crippen molar-refractivity contribution in [2.75, 3.05) is 11.9 Å². The van der Waals surface area contributed by atoms with Gasteiger partial charge >= 0.3 is 0 Å². The van der Waals surface area contributed by atoms with Crippen molar-refractivity contribution in [3.05, 3.63) is 91.0 Å². The summed E-state index contributed by atoms with van der Waals surface area (Å²) >= 11 is 0. The molecule has 7 nitrogen and oxygen atoms in total. The monoisotopic (exact) mass is 446 g/mol. The van der Waals surface area contributed by atoms with E-state index >= 15 is 0 Å². The fourth-order valence-corrected chi connectivity index (χ4v) is 4.35. The molecule has 32 heavy (non-hydrogen) atoms. The van der Waals surface area contributed by atoms with Crippen LogP contribution in [0.5, 0.6) is 0 Å². The highest BCUT2D eigenvalue weighted by Gasteiger charge is 2.14. The number of amides is 1. The van der Waals surface area contributed by atoms with Gasteiger partial charge in [-0.1, -0.05) is 18.2 Å². The molecule has 0 atom stereocenters. The third kappa shape index (κ3) is 4.32. The molecule has 0 aliphatic carbocycles. The summed E-state index contributed by atoms with van der Waals surface area (Å²) in [7, 11) is -1.66. The van der Waals surface area contributed by atoms with Crippen LogP contribution >= 0.6 is 0 Å². The number of fused-ring (bicyclic) bond motifs is 1. The second kappa shape index (κ2) is 8.78.